The normalized spacial score (nSPS) is 19.6. The molecule has 0 saturated carbocycles. The zero-order chi connectivity index (χ0) is 19.8. The number of hydrogen-bond acceptors (Lipinski definition) is 9. The van der Waals surface area contributed by atoms with Crippen LogP contribution in [0.4, 0.5) is 17.3 Å². The maximum absolute atomic E-state index is 11.7. The van der Waals surface area contributed by atoms with Crippen LogP contribution in [0.2, 0.25) is 0 Å². The molecule has 2 heterocycles. The molecule has 0 aromatic carbocycles. The lowest BCUT2D eigenvalue weighted by Gasteiger charge is -2.35. The Morgan fingerprint density at radius 1 is 1.33 bits per heavy atom. The number of methoxy groups -OCH3 is 1. The van der Waals surface area contributed by atoms with Crippen molar-refractivity contribution >= 4 is 23.3 Å². The fraction of sp³-hybridized carbons (Fsp3) is 0.706. The molecule has 2 unspecified atom stereocenters. The first-order chi connectivity index (χ1) is 12.9. The molecule has 1 fully saturated rings. The molecule has 27 heavy (non-hydrogen) atoms. The first-order valence-electron chi connectivity index (χ1n) is 9.12. The third-order valence-electron chi connectivity index (χ3n) is 4.28. The number of ether oxygens (including phenoxy) is 2. The van der Waals surface area contributed by atoms with Gasteiger partial charge in [0.2, 0.25) is 11.6 Å². The van der Waals surface area contributed by atoms with E-state index in [-0.39, 0.29) is 29.7 Å². The van der Waals surface area contributed by atoms with Crippen molar-refractivity contribution in [1.82, 2.24) is 9.97 Å². The van der Waals surface area contributed by atoms with Crippen molar-refractivity contribution in [3.63, 3.8) is 0 Å². The van der Waals surface area contributed by atoms with Gasteiger partial charge >= 0.3 is 11.7 Å². The summed E-state index contributed by atoms with van der Waals surface area (Å²) < 4.78 is 10.3. The van der Waals surface area contributed by atoms with Crippen molar-refractivity contribution in [2.75, 3.05) is 37.0 Å². The van der Waals surface area contributed by atoms with Gasteiger partial charge in [-0.25, -0.2) is 9.97 Å². The SMILES string of the molecule is COC(=O)CCCCCNc1ncnc(N2CC(C)OC(C)C2)c1[N+](=O)[O-]. The number of morpholine rings is 1. The summed E-state index contributed by atoms with van der Waals surface area (Å²) in [7, 11) is 1.37. The van der Waals surface area contributed by atoms with E-state index < -0.39 is 4.92 Å². The molecule has 10 heteroatoms. The van der Waals surface area contributed by atoms with E-state index in [1.54, 1.807) is 0 Å². The lowest BCUT2D eigenvalue weighted by Crippen LogP contribution is -2.46. The molecule has 0 radical (unpaired) electrons. The van der Waals surface area contributed by atoms with Gasteiger partial charge in [0.05, 0.1) is 24.2 Å². The van der Waals surface area contributed by atoms with Crippen LogP contribution in [0, 0.1) is 10.1 Å². The van der Waals surface area contributed by atoms with E-state index in [2.05, 4.69) is 20.0 Å². The summed E-state index contributed by atoms with van der Waals surface area (Å²) in [5, 5.41) is 14.7. The number of rotatable bonds is 9. The van der Waals surface area contributed by atoms with Gasteiger partial charge in [0.25, 0.3) is 0 Å². The molecule has 150 valence electrons. The first-order valence-corrected chi connectivity index (χ1v) is 9.12. The fourth-order valence-corrected chi connectivity index (χ4v) is 3.13. The number of esters is 1. The Kier molecular flexibility index (Phi) is 7.71. The van der Waals surface area contributed by atoms with Gasteiger partial charge in [0.15, 0.2) is 0 Å². The molecule has 0 spiro atoms. The van der Waals surface area contributed by atoms with E-state index in [0.29, 0.717) is 31.9 Å². The van der Waals surface area contributed by atoms with Gasteiger partial charge in [-0.15, -0.1) is 0 Å². The average molecular weight is 381 g/mol. The number of nitro groups is 1. The molecule has 2 atom stereocenters. The third kappa shape index (κ3) is 6.02. The monoisotopic (exact) mass is 381 g/mol. The summed E-state index contributed by atoms with van der Waals surface area (Å²) in [4.78, 5) is 32.4. The van der Waals surface area contributed by atoms with Crippen LogP contribution in [-0.4, -0.2) is 59.8 Å². The largest absolute Gasteiger partial charge is 0.469 e. The van der Waals surface area contributed by atoms with Crippen LogP contribution >= 0.6 is 0 Å². The topological polar surface area (TPSA) is 120 Å². The second-order valence-corrected chi connectivity index (χ2v) is 6.63. The molecule has 10 nitrogen and oxygen atoms in total. The molecule has 0 aliphatic carbocycles. The Morgan fingerprint density at radius 2 is 2.04 bits per heavy atom. The van der Waals surface area contributed by atoms with Crippen molar-refractivity contribution in [3.8, 4) is 0 Å². The number of nitrogens with zero attached hydrogens (tertiary/aromatic N) is 4. The Balaban J connectivity index is 2.00. The Bertz CT molecular complexity index is 647. The van der Waals surface area contributed by atoms with Crippen molar-refractivity contribution < 1.29 is 19.2 Å². The van der Waals surface area contributed by atoms with Gasteiger partial charge in [-0.3, -0.25) is 14.9 Å². The van der Waals surface area contributed by atoms with Crippen LogP contribution in [-0.2, 0) is 14.3 Å². The quantitative estimate of drug-likeness (QED) is 0.297. The van der Waals surface area contributed by atoms with E-state index in [0.717, 1.165) is 19.3 Å². The maximum Gasteiger partial charge on any atom is 0.353 e. The summed E-state index contributed by atoms with van der Waals surface area (Å²) >= 11 is 0. The van der Waals surface area contributed by atoms with Crippen LogP contribution in [0.1, 0.15) is 39.5 Å². The number of nitrogens with one attached hydrogen (secondary N) is 1. The van der Waals surface area contributed by atoms with E-state index in [1.165, 1.54) is 13.4 Å². The summed E-state index contributed by atoms with van der Waals surface area (Å²) in [6.45, 7) is 5.46. The lowest BCUT2D eigenvalue weighted by molar-refractivity contribution is -0.383. The number of aromatic nitrogens is 2. The summed E-state index contributed by atoms with van der Waals surface area (Å²) in [6, 6.07) is 0. The minimum atomic E-state index is -0.445. The summed E-state index contributed by atoms with van der Waals surface area (Å²) in [5.41, 5.74) is -0.117. The second-order valence-electron chi connectivity index (χ2n) is 6.63. The van der Waals surface area contributed by atoms with Gasteiger partial charge in [-0.1, -0.05) is 6.42 Å². The average Bonchev–Trinajstić information content (AvgIpc) is 2.63. The first kappa shape index (κ1) is 20.8. The molecule has 1 saturated heterocycles. The smallest absolute Gasteiger partial charge is 0.353 e. The molecule has 1 aromatic rings. The summed E-state index contributed by atoms with van der Waals surface area (Å²) in [6.07, 6.45) is 3.94. The Morgan fingerprint density at radius 3 is 2.67 bits per heavy atom. The standard InChI is InChI=1S/C17H27N5O5/c1-12-9-21(10-13(2)27-12)17-15(22(24)25)16(19-11-20-17)18-8-6-4-5-7-14(23)26-3/h11-13H,4-10H2,1-3H3,(H,18,19,20). The number of unbranched alkanes of at least 4 members (excludes halogenated alkanes) is 2. The van der Waals surface area contributed by atoms with Gasteiger partial charge in [0, 0.05) is 26.1 Å². The van der Waals surface area contributed by atoms with Crippen molar-refractivity contribution in [2.45, 2.75) is 51.7 Å². The Hall–Kier alpha value is -2.49. The highest BCUT2D eigenvalue weighted by atomic mass is 16.6. The van der Waals surface area contributed by atoms with Crippen LogP contribution in [0.5, 0.6) is 0 Å². The van der Waals surface area contributed by atoms with Crippen molar-refractivity contribution in [3.05, 3.63) is 16.4 Å². The van der Waals surface area contributed by atoms with Crippen LogP contribution in [0.3, 0.4) is 0 Å². The molecule has 1 N–H and O–H groups in total. The predicted octanol–water partition coefficient (Wildman–Crippen LogP) is 2.14. The highest BCUT2D eigenvalue weighted by molar-refractivity contribution is 5.70. The maximum atomic E-state index is 11.7. The highest BCUT2D eigenvalue weighted by Crippen LogP contribution is 2.33. The van der Waals surface area contributed by atoms with Crippen LogP contribution < -0.4 is 10.2 Å². The molecule has 0 amide bonds. The number of hydrogen-bond donors (Lipinski definition) is 1. The predicted molar refractivity (Wildman–Crippen MR) is 99.9 cm³/mol. The lowest BCUT2D eigenvalue weighted by atomic mass is 10.2. The van der Waals surface area contributed by atoms with Gasteiger partial charge in [-0.05, 0) is 26.7 Å². The molecular formula is C17H27N5O5. The molecule has 1 aliphatic rings. The van der Waals surface area contributed by atoms with Crippen LogP contribution in [0.25, 0.3) is 0 Å². The molecular weight excluding hydrogens is 354 g/mol. The molecule has 1 aliphatic heterocycles. The third-order valence-corrected chi connectivity index (χ3v) is 4.28. The Labute approximate surface area is 158 Å². The van der Waals surface area contributed by atoms with Crippen molar-refractivity contribution in [2.24, 2.45) is 0 Å². The molecule has 2 rings (SSSR count). The zero-order valence-corrected chi connectivity index (χ0v) is 16.0. The minimum absolute atomic E-state index is 0.0328. The van der Waals surface area contributed by atoms with Gasteiger partial charge in [-0.2, -0.15) is 0 Å². The number of carbonyl (C=O) groups is 1. The van der Waals surface area contributed by atoms with E-state index >= 15 is 0 Å². The zero-order valence-electron chi connectivity index (χ0n) is 16.0. The second kappa shape index (κ2) is 10.0. The van der Waals surface area contributed by atoms with Crippen molar-refractivity contribution in [1.29, 1.82) is 0 Å². The van der Waals surface area contributed by atoms with Crippen LogP contribution in [0.15, 0.2) is 6.33 Å². The molecule has 1 aromatic heterocycles. The van der Waals surface area contributed by atoms with E-state index in [4.69, 9.17) is 4.74 Å². The highest BCUT2D eigenvalue weighted by Gasteiger charge is 2.31. The molecule has 0 bridgehead atoms. The van der Waals surface area contributed by atoms with E-state index in [1.807, 2.05) is 18.7 Å². The van der Waals surface area contributed by atoms with Gasteiger partial charge in [0.1, 0.15) is 6.33 Å². The summed E-state index contributed by atoms with van der Waals surface area (Å²) in [5.74, 6) is 0.294. The fourth-order valence-electron chi connectivity index (χ4n) is 3.13. The number of carbonyl (C=O) groups excluding carboxylic acids is 1. The number of anilines is 2. The van der Waals surface area contributed by atoms with Gasteiger partial charge < -0.3 is 19.7 Å². The van der Waals surface area contributed by atoms with E-state index in [9.17, 15) is 14.9 Å². The minimum Gasteiger partial charge on any atom is -0.469 e.